The number of aromatic nitrogens is 3. The largest absolute Gasteiger partial charge is 0.367 e. The minimum atomic E-state index is -0.159. The Labute approximate surface area is 122 Å². The number of ether oxygens (including phenoxy) is 1. The first-order valence-electron chi connectivity index (χ1n) is 7.07. The maximum Gasteiger partial charge on any atom is 0.274 e. The highest BCUT2D eigenvalue weighted by molar-refractivity contribution is 5.49. The molecule has 7 heteroatoms. The van der Waals surface area contributed by atoms with Crippen LogP contribution in [0, 0.1) is 11.3 Å². The van der Waals surface area contributed by atoms with Crippen LogP contribution in [0.1, 0.15) is 31.0 Å². The predicted molar refractivity (Wildman–Crippen MR) is 74.2 cm³/mol. The summed E-state index contributed by atoms with van der Waals surface area (Å²) in [6.07, 6.45) is 0.956. The Bertz CT molecular complexity index is 640. The topological polar surface area (TPSA) is 91.0 Å². The monoisotopic (exact) mass is 287 g/mol. The van der Waals surface area contributed by atoms with Crippen LogP contribution in [0.15, 0.2) is 16.7 Å². The number of nitriles is 1. The van der Waals surface area contributed by atoms with Gasteiger partial charge in [0.2, 0.25) is 5.82 Å². The lowest BCUT2D eigenvalue weighted by atomic mass is 10.2. The third-order valence-electron chi connectivity index (χ3n) is 3.46. The van der Waals surface area contributed by atoms with Crippen molar-refractivity contribution in [1.82, 2.24) is 20.0 Å². The summed E-state index contributed by atoms with van der Waals surface area (Å²) < 4.78 is 11.0. The number of rotatable bonds is 4. The first-order chi connectivity index (χ1) is 10.3. The SMILES string of the molecule is CCCN1CCOC(c2noc(-c3ccc(C#N)[nH]3)n2)C1. The van der Waals surface area contributed by atoms with Gasteiger partial charge in [0.15, 0.2) is 0 Å². The molecule has 1 N–H and O–H groups in total. The van der Waals surface area contributed by atoms with Crippen molar-refractivity contribution in [2.45, 2.75) is 19.4 Å². The Balaban J connectivity index is 1.74. The molecule has 1 aliphatic rings. The number of nitrogens with zero attached hydrogens (tertiary/aromatic N) is 4. The molecule has 0 radical (unpaired) electrons. The fraction of sp³-hybridized carbons (Fsp3) is 0.500. The average Bonchev–Trinajstić information content (AvgIpc) is 3.17. The van der Waals surface area contributed by atoms with Crippen LogP contribution in [-0.2, 0) is 4.74 Å². The van der Waals surface area contributed by atoms with Crippen LogP contribution >= 0.6 is 0 Å². The minimum Gasteiger partial charge on any atom is -0.367 e. The van der Waals surface area contributed by atoms with Crippen LogP contribution in [0.4, 0.5) is 0 Å². The molecule has 1 saturated heterocycles. The number of aromatic amines is 1. The molecule has 0 saturated carbocycles. The molecule has 1 unspecified atom stereocenters. The standard InChI is InChI=1S/C14H17N5O2/c1-2-5-19-6-7-20-12(9-19)13-17-14(21-18-13)11-4-3-10(8-15)16-11/h3-4,12,16H,2,5-7,9H2,1H3. The van der Waals surface area contributed by atoms with E-state index in [4.69, 9.17) is 14.5 Å². The fourth-order valence-electron chi connectivity index (χ4n) is 2.44. The van der Waals surface area contributed by atoms with Crippen molar-refractivity contribution in [1.29, 1.82) is 5.26 Å². The van der Waals surface area contributed by atoms with Gasteiger partial charge in [-0.25, -0.2) is 0 Å². The summed E-state index contributed by atoms with van der Waals surface area (Å²) in [5, 5.41) is 12.8. The molecule has 0 spiro atoms. The molecule has 0 aromatic carbocycles. The Morgan fingerprint density at radius 3 is 3.19 bits per heavy atom. The number of nitrogens with one attached hydrogen (secondary N) is 1. The van der Waals surface area contributed by atoms with Gasteiger partial charge >= 0.3 is 0 Å². The Hall–Kier alpha value is -2.17. The second kappa shape index (κ2) is 6.08. The minimum absolute atomic E-state index is 0.159. The van der Waals surface area contributed by atoms with Crippen molar-refractivity contribution in [3.05, 3.63) is 23.7 Å². The third kappa shape index (κ3) is 2.96. The zero-order chi connectivity index (χ0) is 14.7. The van der Waals surface area contributed by atoms with Crippen molar-refractivity contribution < 1.29 is 9.26 Å². The van der Waals surface area contributed by atoms with Gasteiger partial charge in [0.25, 0.3) is 5.89 Å². The van der Waals surface area contributed by atoms with E-state index in [9.17, 15) is 0 Å². The molecule has 2 aromatic heterocycles. The van der Waals surface area contributed by atoms with E-state index < -0.39 is 0 Å². The Kier molecular flexibility index (Phi) is 3.99. The summed E-state index contributed by atoms with van der Waals surface area (Å²) in [6.45, 7) is 5.61. The second-order valence-electron chi connectivity index (χ2n) is 5.02. The van der Waals surface area contributed by atoms with E-state index in [1.165, 1.54) is 0 Å². The van der Waals surface area contributed by atoms with Crippen LogP contribution < -0.4 is 0 Å². The highest BCUT2D eigenvalue weighted by Gasteiger charge is 2.26. The van der Waals surface area contributed by atoms with E-state index in [2.05, 4.69) is 26.9 Å². The van der Waals surface area contributed by atoms with Crippen molar-refractivity contribution >= 4 is 0 Å². The van der Waals surface area contributed by atoms with Gasteiger partial charge in [-0.3, -0.25) is 4.90 Å². The lowest BCUT2D eigenvalue weighted by Crippen LogP contribution is -2.39. The molecule has 110 valence electrons. The van der Waals surface area contributed by atoms with E-state index in [0.29, 0.717) is 29.7 Å². The summed E-state index contributed by atoms with van der Waals surface area (Å²) in [4.78, 5) is 9.63. The molecule has 1 aliphatic heterocycles. The molecular formula is C14H17N5O2. The maximum absolute atomic E-state index is 8.81. The molecular weight excluding hydrogens is 270 g/mol. The first kappa shape index (κ1) is 13.8. The van der Waals surface area contributed by atoms with E-state index >= 15 is 0 Å². The van der Waals surface area contributed by atoms with E-state index in [0.717, 1.165) is 26.1 Å². The van der Waals surface area contributed by atoms with Crippen molar-refractivity contribution in [3.63, 3.8) is 0 Å². The molecule has 1 atom stereocenters. The highest BCUT2D eigenvalue weighted by Crippen LogP contribution is 2.23. The number of morpholine rings is 1. The number of hydrogen-bond acceptors (Lipinski definition) is 6. The van der Waals surface area contributed by atoms with Crippen molar-refractivity contribution in [2.75, 3.05) is 26.2 Å². The molecule has 7 nitrogen and oxygen atoms in total. The highest BCUT2D eigenvalue weighted by atomic mass is 16.5. The van der Waals surface area contributed by atoms with Crippen LogP contribution in [-0.4, -0.2) is 46.3 Å². The van der Waals surface area contributed by atoms with Crippen LogP contribution in [0.2, 0.25) is 0 Å². The third-order valence-corrected chi connectivity index (χ3v) is 3.46. The summed E-state index contributed by atoms with van der Waals surface area (Å²) in [5.41, 5.74) is 1.11. The number of hydrogen-bond donors (Lipinski definition) is 1. The molecule has 1 fully saturated rings. The fourth-order valence-corrected chi connectivity index (χ4v) is 2.44. The first-order valence-corrected chi connectivity index (χ1v) is 7.07. The second-order valence-corrected chi connectivity index (χ2v) is 5.02. The maximum atomic E-state index is 8.81. The zero-order valence-corrected chi connectivity index (χ0v) is 11.9. The van der Waals surface area contributed by atoms with Gasteiger partial charge in [-0.1, -0.05) is 12.1 Å². The van der Waals surface area contributed by atoms with Gasteiger partial charge in [-0.05, 0) is 25.1 Å². The lowest BCUT2D eigenvalue weighted by molar-refractivity contribution is -0.0350. The normalized spacial score (nSPS) is 19.5. The molecule has 0 amide bonds. The average molecular weight is 287 g/mol. The van der Waals surface area contributed by atoms with Gasteiger partial charge in [-0.15, -0.1) is 0 Å². The van der Waals surface area contributed by atoms with Crippen LogP contribution in [0.25, 0.3) is 11.6 Å². The van der Waals surface area contributed by atoms with Gasteiger partial charge in [0.1, 0.15) is 23.6 Å². The predicted octanol–water partition coefficient (Wildman–Crippen LogP) is 1.72. The van der Waals surface area contributed by atoms with Crippen molar-refractivity contribution in [3.8, 4) is 17.7 Å². The molecule has 0 aliphatic carbocycles. The summed E-state index contributed by atoms with van der Waals surface area (Å²) in [5.74, 6) is 0.932. The van der Waals surface area contributed by atoms with Crippen molar-refractivity contribution in [2.24, 2.45) is 0 Å². The summed E-state index contributed by atoms with van der Waals surface area (Å²) in [6, 6.07) is 5.46. The molecule has 21 heavy (non-hydrogen) atoms. The van der Waals surface area contributed by atoms with Gasteiger partial charge < -0.3 is 14.2 Å². The summed E-state index contributed by atoms with van der Waals surface area (Å²) >= 11 is 0. The van der Waals surface area contributed by atoms with Gasteiger partial charge in [0, 0.05) is 13.1 Å². The lowest BCUT2D eigenvalue weighted by Gasteiger charge is -2.30. The van der Waals surface area contributed by atoms with Gasteiger partial charge in [-0.2, -0.15) is 10.2 Å². The van der Waals surface area contributed by atoms with E-state index in [1.54, 1.807) is 12.1 Å². The number of H-pyrrole nitrogens is 1. The molecule has 2 aromatic rings. The van der Waals surface area contributed by atoms with E-state index in [-0.39, 0.29) is 6.10 Å². The molecule has 3 rings (SSSR count). The van der Waals surface area contributed by atoms with Crippen LogP contribution in [0.5, 0.6) is 0 Å². The Morgan fingerprint density at radius 2 is 2.43 bits per heavy atom. The quantitative estimate of drug-likeness (QED) is 0.920. The molecule has 3 heterocycles. The summed E-state index contributed by atoms with van der Waals surface area (Å²) in [7, 11) is 0. The van der Waals surface area contributed by atoms with E-state index in [1.807, 2.05) is 6.07 Å². The van der Waals surface area contributed by atoms with Crippen LogP contribution in [0.3, 0.4) is 0 Å². The molecule has 0 bridgehead atoms. The Morgan fingerprint density at radius 1 is 1.52 bits per heavy atom. The van der Waals surface area contributed by atoms with Gasteiger partial charge in [0.05, 0.1) is 6.61 Å². The zero-order valence-electron chi connectivity index (χ0n) is 11.9. The smallest absolute Gasteiger partial charge is 0.274 e.